The van der Waals surface area contributed by atoms with Gasteiger partial charge < -0.3 is 24.4 Å². The highest BCUT2D eigenvalue weighted by Gasteiger charge is 2.38. The number of hydrogen-bond donors (Lipinski definition) is 1. The lowest BCUT2D eigenvalue weighted by Gasteiger charge is -2.39. The van der Waals surface area contributed by atoms with Gasteiger partial charge in [0.15, 0.2) is 0 Å². The SMILES string of the molecule is CCOC(=O)C[C@@H](OC)C([C@@H](C)CC)N(C)C(=O)[C@@H](NC(=O)OC(C)(C)C)C(C)C. The predicted molar refractivity (Wildman–Crippen MR) is 116 cm³/mol. The lowest BCUT2D eigenvalue weighted by atomic mass is 9.90. The van der Waals surface area contributed by atoms with E-state index in [1.165, 1.54) is 7.11 Å². The zero-order chi connectivity index (χ0) is 23.6. The highest BCUT2D eigenvalue weighted by atomic mass is 16.6. The Balaban J connectivity index is 5.65. The third kappa shape index (κ3) is 9.32. The molecule has 0 heterocycles. The summed E-state index contributed by atoms with van der Waals surface area (Å²) in [6, 6.07) is -1.13. The van der Waals surface area contributed by atoms with Gasteiger partial charge in [0.2, 0.25) is 5.91 Å². The molecule has 1 N–H and O–H groups in total. The Labute approximate surface area is 182 Å². The van der Waals surface area contributed by atoms with E-state index in [1.54, 1.807) is 39.6 Å². The minimum absolute atomic E-state index is 0.0445. The molecule has 0 rings (SSSR count). The van der Waals surface area contributed by atoms with Crippen LogP contribution in [0.4, 0.5) is 4.79 Å². The van der Waals surface area contributed by atoms with Crippen LogP contribution < -0.4 is 5.32 Å². The second-order valence-electron chi connectivity index (χ2n) is 8.98. The standard InChI is InChI=1S/C22H42N2O6/c1-11-15(5)19(16(28-10)13-17(25)29-12-2)24(9)20(26)18(14(3)4)23-21(27)30-22(6,7)8/h14-16,18-19H,11-13H2,1-10H3,(H,23,27)/t15-,16+,18-,19?/m0/s1. The fraction of sp³-hybridized carbons (Fsp3) is 0.864. The number of ether oxygens (including phenoxy) is 3. The highest BCUT2D eigenvalue weighted by Crippen LogP contribution is 2.23. The lowest BCUT2D eigenvalue weighted by molar-refractivity contribution is -0.151. The van der Waals surface area contributed by atoms with Crippen LogP contribution in [-0.4, -0.2) is 67.4 Å². The molecular weight excluding hydrogens is 388 g/mol. The van der Waals surface area contributed by atoms with Crippen LogP contribution in [0.5, 0.6) is 0 Å². The third-order valence-electron chi connectivity index (χ3n) is 4.98. The molecule has 0 bridgehead atoms. The van der Waals surface area contributed by atoms with Crippen molar-refractivity contribution in [3.63, 3.8) is 0 Å². The molecule has 0 aromatic heterocycles. The average molecular weight is 431 g/mol. The topological polar surface area (TPSA) is 94.2 Å². The molecule has 0 saturated carbocycles. The second kappa shape index (κ2) is 12.8. The van der Waals surface area contributed by atoms with E-state index in [4.69, 9.17) is 14.2 Å². The first kappa shape index (κ1) is 28.2. The quantitative estimate of drug-likeness (QED) is 0.505. The number of nitrogens with zero attached hydrogens (tertiary/aromatic N) is 1. The van der Waals surface area contributed by atoms with Crippen LogP contribution >= 0.6 is 0 Å². The number of rotatable bonds is 11. The number of methoxy groups -OCH3 is 1. The minimum atomic E-state index is -0.767. The summed E-state index contributed by atoms with van der Waals surface area (Å²) < 4.78 is 16.0. The van der Waals surface area contributed by atoms with Gasteiger partial charge in [0.1, 0.15) is 11.6 Å². The van der Waals surface area contributed by atoms with Crippen molar-refractivity contribution in [2.45, 2.75) is 92.0 Å². The molecule has 0 aromatic carbocycles. The van der Waals surface area contributed by atoms with E-state index in [9.17, 15) is 14.4 Å². The number of carbonyl (C=O) groups excluding carboxylic acids is 3. The molecule has 0 aromatic rings. The van der Waals surface area contributed by atoms with Gasteiger partial charge >= 0.3 is 12.1 Å². The first-order valence-corrected chi connectivity index (χ1v) is 10.7. The number of carbonyl (C=O) groups is 3. The molecule has 8 nitrogen and oxygen atoms in total. The monoisotopic (exact) mass is 430 g/mol. The van der Waals surface area contributed by atoms with E-state index in [0.717, 1.165) is 6.42 Å². The Morgan fingerprint density at radius 3 is 2.03 bits per heavy atom. The van der Waals surface area contributed by atoms with Crippen LogP contribution in [0.1, 0.15) is 68.2 Å². The summed E-state index contributed by atoms with van der Waals surface area (Å²) in [6.45, 7) is 15.1. The van der Waals surface area contributed by atoms with E-state index >= 15 is 0 Å². The minimum Gasteiger partial charge on any atom is -0.466 e. The van der Waals surface area contributed by atoms with Crippen molar-refractivity contribution in [1.82, 2.24) is 10.2 Å². The predicted octanol–water partition coefficient (Wildman–Crippen LogP) is 3.38. The van der Waals surface area contributed by atoms with E-state index in [-0.39, 0.29) is 42.8 Å². The van der Waals surface area contributed by atoms with E-state index in [2.05, 4.69) is 5.32 Å². The fourth-order valence-corrected chi connectivity index (χ4v) is 3.28. The van der Waals surface area contributed by atoms with Gasteiger partial charge in [-0.3, -0.25) is 9.59 Å². The summed E-state index contributed by atoms with van der Waals surface area (Å²) in [7, 11) is 3.21. The van der Waals surface area contributed by atoms with Crippen molar-refractivity contribution in [3.8, 4) is 0 Å². The highest BCUT2D eigenvalue weighted by molar-refractivity contribution is 5.86. The number of alkyl carbamates (subject to hydrolysis) is 1. The van der Waals surface area contributed by atoms with Gasteiger partial charge in [-0.05, 0) is 39.5 Å². The van der Waals surface area contributed by atoms with E-state index in [0.29, 0.717) is 0 Å². The first-order valence-electron chi connectivity index (χ1n) is 10.7. The van der Waals surface area contributed by atoms with Gasteiger partial charge in [0.25, 0.3) is 0 Å². The summed E-state index contributed by atoms with van der Waals surface area (Å²) >= 11 is 0. The largest absolute Gasteiger partial charge is 0.466 e. The smallest absolute Gasteiger partial charge is 0.408 e. The van der Waals surface area contributed by atoms with Crippen LogP contribution in [0.2, 0.25) is 0 Å². The maximum Gasteiger partial charge on any atom is 0.408 e. The maximum absolute atomic E-state index is 13.4. The van der Waals surface area contributed by atoms with Gasteiger partial charge in [0.05, 0.1) is 25.2 Å². The van der Waals surface area contributed by atoms with Crippen molar-refractivity contribution in [2.24, 2.45) is 11.8 Å². The van der Waals surface area contributed by atoms with E-state index in [1.807, 2.05) is 27.7 Å². The molecule has 176 valence electrons. The van der Waals surface area contributed by atoms with Crippen molar-refractivity contribution in [2.75, 3.05) is 20.8 Å². The summed E-state index contributed by atoms with van der Waals surface area (Å²) in [6.07, 6.45) is -0.334. The molecule has 0 saturated heterocycles. The van der Waals surface area contributed by atoms with Crippen molar-refractivity contribution in [1.29, 1.82) is 0 Å². The molecule has 0 aliphatic heterocycles. The van der Waals surface area contributed by atoms with Crippen molar-refractivity contribution in [3.05, 3.63) is 0 Å². The van der Waals surface area contributed by atoms with Gasteiger partial charge in [-0.15, -0.1) is 0 Å². The summed E-state index contributed by atoms with van der Waals surface area (Å²) in [5.41, 5.74) is -0.666. The Kier molecular flexibility index (Phi) is 12.0. The van der Waals surface area contributed by atoms with Gasteiger partial charge in [-0.1, -0.05) is 34.1 Å². The maximum atomic E-state index is 13.4. The molecule has 30 heavy (non-hydrogen) atoms. The number of hydrogen-bond acceptors (Lipinski definition) is 6. The van der Waals surface area contributed by atoms with Crippen molar-refractivity contribution < 1.29 is 28.6 Å². The lowest BCUT2D eigenvalue weighted by Crippen LogP contribution is -2.57. The third-order valence-corrected chi connectivity index (χ3v) is 4.98. The molecule has 0 radical (unpaired) electrons. The Bertz CT molecular complexity index is 558. The molecule has 0 fully saturated rings. The van der Waals surface area contributed by atoms with Gasteiger partial charge in [-0.25, -0.2) is 4.79 Å². The van der Waals surface area contributed by atoms with Gasteiger partial charge in [0, 0.05) is 14.2 Å². The summed E-state index contributed by atoms with van der Waals surface area (Å²) in [5, 5.41) is 2.70. The normalized spacial score (nSPS) is 15.7. The second-order valence-corrected chi connectivity index (χ2v) is 8.98. The number of esters is 1. The van der Waals surface area contributed by atoms with Crippen LogP contribution in [0.15, 0.2) is 0 Å². The molecule has 4 atom stereocenters. The van der Waals surface area contributed by atoms with Gasteiger partial charge in [-0.2, -0.15) is 0 Å². The number of likely N-dealkylation sites (N-methyl/N-ethyl adjacent to an activating group) is 1. The zero-order valence-corrected chi connectivity index (χ0v) is 20.4. The molecule has 8 heteroatoms. The molecule has 0 aliphatic rings. The van der Waals surface area contributed by atoms with Crippen LogP contribution in [0.3, 0.4) is 0 Å². The summed E-state index contributed by atoms with van der Waals surface area (Å²) in [5.74, 6) is -0.721. The Morgan fingerprint density at radius 2 is 1.63 bits per heavy atom. The molecular formula is C22H42N2O6. The zero-order valence-electron chi connectivity index (χ0n) is 20.4. The van der Waals surface area contributed by atoms with Crippen LogP contribution in [0.25, 0.3) is 0 Å². The van der Waals surface area contributed by atoms with Crippen LogP contribution in [-0.2, 0) is 23.8 Å². The summed E-state index contributed by atoms with van der Waals surface area (Å²) in [4.78, 5) is 39.3. The Hall–Kier alpha value is -1.83. The Morgan fingerprint density at radius 1 is 1.07 bits per heavy atom. The molecule has 0 aliphatic carbocycles. The van der Waals surface area contributed by atoms with Crippen molar-refractivity contribution >= 4 is 18.0 Å². The molecule has 0 spiro atoms. The fourth-order valence-electron chi connectivity index (χ4n) is 3.28. The average Bonchev–Trinajstić information content (AvgIpc) is 2.62. The number of amides is 2. The molecule has 2 amide bonds. The number of nitrogens with one attached hydrogen (secondary N) is 1. The van der Waals surface area contributed by atoms with E-state index < -0.39 is 23.8 Å². The van der Waals surface area contributed by atoms with Crippen LogP contribution in [0, 0.1) is 11.8 Å². The molecule has 1 unspecified atom stereocenters. The first-order chi connectivity index (χ1) is 13.8.